The SMILES string of the molecule is CCCCCCCCC(C)(CCCCC(=O)c1c(C)cc(C)cc1C)C(=O)O.O=P. The van der Waals surface area contributed by atoms with Gasteiger partial charge in [0.15, 0.2) is 5.78 Å². The molecule has 170 valence electrons. The van der Waals surface area contributed by atoms with Crippen molar-refractivity contribution in [1.82, 2.24) is 0 Å². The van der Waals surface area contributed by atoms with Crippen LogP contribution in [0.1, 0.15) is 112 Å². The Morgan fingerprint density at radius 1 is 0.867 bits per heavy atom. The Hall–Kier alpha value is -1.54. The van der Waals surface area contributed by atoms with Gasteiger partial charge in [0.05, 0.1) is 5.41 Å². The summed E-state index contributed by atoms with van der Waals surface area (Å²) in [7, 11) is 1.72. The van der Waals surface area contributed by atoms with Crippen LogP contribution in [0.2, 0.25) is 0 Å². The highest BCUT2D eigenvalue weighted by Gasteiger charge is 2.31. The van der Waals surface area contributed by atoms with Crippen LogP contribution in [-0.4, -0.2) is 16.9 Å². The minimum Gasteiger partial charge on any atom is -0.481 e. The van der Waals surface area contributed by atoms with Gasteiger partial charge in [0.2, 0.25) is 0 Å². The lowest BCUT2D eigenvalue weighted by molar-refractivity contribution is -0.149. The predicted molar refractivity (Wildman–Crippen MR) is 126 cm³/mol. The predicted octanol–water partition coefficient (Wildman–Crippen LogP) is 7.67. The van der Waals surface area contributed by atoms with Gasteiger partial charge in [-0.3, -0.25) is 14.2 Å². The number of ketones is 1. The van der Waals surface area contributed by atoms with E-state index in [9.17, 15) is 14.7 Å². The monoisotopic (exact) mass is 436 g/mol. The molecule has 1 atom stereocenters. The third-order valence-electron chi connectivity index (χ3n) is 5.94. The van der Waals surface area contributed by atoms with E-state index in [4.69, 9.17) is 4.57 Å². The van der Waals surface area contributed by atoms with Crippen molar-refractivity contribution >= 4 is 20.9 Å². The number of aryl methyl sites for hydroxylation is 3. The fourth-order valence-corrected chi connectivity index (χ4v) is 4.18. The summed E-state index contributed by atoms with van der Waals surface area (Å²) in [6.07, 6.45) is 10.5. The Kier molecular flexibility index (Phi) is 14.5. The van der Waals surface area contributed by atoms with E-state index >= 15 is 0 Å². The Bertz CT molecular complexity index is 648. The molecule has 0 aliphatic rings. The number of carboxylic acid groups (broad SMARTS) is 1. The van der Waals surface area contributed by atoms with Gasteiger partial charge in [-0.2, -0.15) is 0 Å². The zero-order chi connectivity index (χ0) is 23.2. The van der Waals surface area contributed by atoms with Crippen molar-refractivity contribution in [1.29, 1.82) is 0 Å². The van der Waals surface area contributed by atoms with Crippen LogP contribution < -0.4 is 0 Å². The van der Waals surface area contributed by atoms with Crippen molar-refractivity contribution in [3.8, 4) is 0 Å². The second-order valence-electron chi connectivity index (χ2n) is 8.79. The lowest BCUT2D eigenvalue weighted by atomic mass is 9.79. The van der Waals surface area contributed by atoms with E-state index in [2.05, 4.69) is 19.1 Å². The van der Waals surface area contributed by atoms with Gasteiger partial charge in [-0.1, -0.05) is 69.6 Å². The summed E-state index contributed by atoms with van der Waals surface area (Å²) in [5, 5.41) is 9.69. The topological polar surface area (TPSA) is 71.4 Å². The Morgan fingerprint density at radius 2 is 1.33 bits per heavy atom. The molecule has 1 aromatic carbocycles. The molecular formula is C25H41O4P. The normalized spacial score (nSPS) is 12.6. The maximum absolute atomic E-state index is 12.6. The number of carbonyl (C=O) groups is 2. The molecule has 0 saturated carbocycles. The molecule has 1 rings (SSSR count). The lowest BCUT2D eigenvalue weighted by Gasteiger charge is -2.24. The van der Waals surface area contributed by atoms with Crippen molar-refractivity contribution in [2.24, 2.45) is 5.41 Å². The first-order valence-electron chi connectivity index (χ1n) is 11.3. The summed E-state index contributed by atoms with van der Waals surface area (Å²) in [6, 6.07) is 4.12. The number of Topliss-reactive ketones (excluding diaryl/α,β-unsaturated/α-hetero) is 1. The van der Waals surface area contributed by atoms with Crippen LogP contribution in [0, 0.1) is 26.2 Å². The van der Waals surface area contributed by atoms with Crippen LogP contribution in [0.5, 0.6) is 0 Å². The van der Waals surface area contributed by atoms with Gasteiger partial charge in [-0.05, 0) is 58.1 Å². The first-order chi connectivity index (χ1) is 14.2. The molecule has 30 heavy (non-hydrogen) atoms. The molecule has 5 heteroatoms. The number of carboxylic acids is 1. The Balaban J connectivity index is 0.00000407. The van der Waals surface area contributed by atoms with E-state index in [-0.39, 0.29) is 5.78 Å². The molecule has 0 amide bonds. The van der Waals surface area contributed by atoms with Gasteiger partial charge < -0.3 is 5.11 Å². The summed E-state index contributed by atoms with van der Waals surface area (Å²) in [6.45, 7) is 10.1. The van der Waals surface area contributed by atoms with Crippen molar-refractivity contribution < 1.29 is 19.3 Å². The fourth-order valence-electron chi connectivity index (χ4n) is 4.18. The number of hydrogen-bond donors (Lipinski definition) is 1. The maximum atomic E-state index is 12.6. The average Bonchev–Trinajstić information content (AvgIpc) is 2.68. The zero-order valence-electron chi connectivity index (χ0n) is 19.6. The lowest BCUT2D eigenvalue weighted by Crippen LogP contribution is -2.27. The van der Waals surface area contributed by atoms with E-state index in [1.54, 1.807) is 9.12 Å². The van der Waals surface area contributed by atoms with Crippen LogP contribution >= 0.6 is 9.12 Å². The van der Waals surface area contributed by atoms with Crippen LogP contribution in [0.3, 0.4) is 0 Å². The molecule has 0 bridgehead atoms. The minimum atomic E-state index is -0.697. The highest BCUT2D eigenvalue weighted by molar-refractivity contribution is 7.00. The standard InChI is InChI=1S/C25H40O3.HOP/c1-6-7-8-9-10-12-15-25(5,24(27)28)16-13-11-14-22(26)23-20(3)17-19(2)18-21(23)4;1-2/h17-18H,6-16H2,1-5H3,(H,27,28);2H. The van der Waals surface area contributed by atoms with Gasteiger partial charge in [0.25, 0.3) is 0 Å². The summed E-state index contributed by atoms with van der Waals surface area (Å²) >= 11 is 0. The minimum absolute atomic E-state index is 0.183. The molecule has 0 spiro atoms. The van der Waals surface area contributed by atoms with E-state index in [1.807, 2.05) is 27.7 Å². The first-order valence-corrected chi connectivity index (χ1v) is 11.7. The van der Waals surface area contributed by atoms with Gasteiger partial charge >= 0.3 is 5.97 Å². The van der Waals surface area contributed by atoms with Crippen LogP contribution in [-0.2, 0) is 9.36 Å². The first kappa shape index (κ1) is 28.5. The van der Waals surface area contributed by atoms with Gasteiger partial charge in [0, 0.05) is 12.0 Å². The zero-order valence-corrected chi connectivity index (χ0v) is 20.6. The van der Waals surface area contributed by atoms with Crippen LogP contribution in [0.25, 0.3) is 0 Å². The fraction of sp³-hybridized carbons (Fsp3) is 0.680. The van der Waals surface area contributed by atoms with Gasteiger partial charge in [-0.15, -0.1) is 0 Å². The van der Waals surface area contributed by atoms with Crippen LogP contribution in [0.4, 0.5) is 0 Å². The summed E-state index contributed by atoms with van der Waals surface area (Å²) in [5.41, 5.74) is 3.45. The number of hydrogen-bond acceptors (Lipinski definition) is 3. The molecule has 0 fully saturated rings. The van der Waals surface area contributed by atoms with Crippen molar-refractivity contribution in [3.05, 3.63) is 34.4 Å². The van der Waals surface area contributed by atoms with E-state index in [1.165, 1.54) is 31.2 Å². The average molecular weight is 437 g/mol. The highest BCUT2D eigenvalue weighted by Crippen LogP contribution is 2.32. The molecule has 0 aliphatic carbocycles. The second kappa shape index (κ2) is 15.3. The molecular weight excluding hydrogens is 395 g/mol. The van der Waals surface area contributed by atoms with E-state index in [0.29, 0.717) is 12.8 Å². The molecule has 4 nitrogen and oxygen atoms in total. The number of rotatable bonds is 14. The smallest absolute Gasteiger partial charge is 0.309 e. The second-order valence-corrected chi connectivity index (χ2v) is 8.79. The van der Waals surface area contributed by atoms with Gasteiger partial charge in [-0.25, -0.2) is 0 Å². The Labute approximate surface area is 185 Å². The molecule has 0 aliphatic heterocycles. The molecule has 0 radical (unpaired) electrons. The third-order valence-corrected chi connectivity index (χ3v) is 5.94. The molecule has 1 N–H and O–H groups in total. The third kappa shape index (κ3) is 9.98. The van der Waals surface area contributed by atoms with Crippen molar-refractivity contribution in [2.45, 2.75) is 105 Å². The molecule has 0 heterocycles. The largest absolute Gasteiger partial charge is 0.481 e. The number of benzene rings is 1. The number of aliphatic carboxylic acids is 1. The molecule has 1 unspecified atom stereocenters. The quantitative estimate of drug-likeness (QED) is 0.184. The highest BCUT2D eigenvalue weighted by atomic mass is 31.0. The summed E-state index contributed by atoms with van der Waals surface area (Å²) in [4.78, 5) is 24.4. The van der Waals surface area contributed by atoms with Crippen molar-refractivity contribution in [2.75, 3.05) is 0 Å². The summed E-state index contributed by atoms with van der Waals surface area (Å²) < 4.78 is 8.06. The molecule has 1 aromatic rings. The Morgan fingerprint density at radius 3 is 1.83 bits per heavy atom. The molecule has 0 aromatic heterocycles. The van der Waals surface area contributed by atoms with E-state index in [0.717, 1.165) is 48.8 Å². The molecule has 0 saturated heterocycles. The van der Waals surface area contributed by atoms with Crippen LogP contribution in [0.15, 0.2) is 12.1 Å². The maximum Gasteiger partial charge on any atom is 0.309 e. The van der Waals surface area contributed by atoms with Gasteiger partial charge in [0.1, 0.15) is 9.12 Å². The summed E-state index contributed by atoms with van der Waals surface area (Å²) in [5.74, 6) is -0.513. The van der Waals surface area contributed by atoms with Crippen molar-refractivity contribution in [3.63, 3.8) is 0 Å². The van der Waals surface area contributed by atoms with E-state index < -0.39 is 11.4 Å². The number of carbonyl (C=O) groups excluding carboxylic acids is 1. The number of unbranched alkanes of at least 4 members (excludes halogenated alkanes) is 6.